The molecular formula is C23H25ClF5N7O3S. The van der Waals surface area contributed by atoms with Crippen molar-refractivity contribution in [3.8, 4) is 17.1 Å². The molecule has 3 aromatic rings. The number of benzene rings is 1. The Morgan fingerprint density at radius 2 is 2.00 bits per heavy atom. The second-order valence-corrected chi connectivity index (χ2v) is 12.0. The third-order valence-electron chi connectivity index (χ3n) is 6.36. The molecule has 10 nitrogen and oxygen atoms in total. The van der Waals surface area contributed by atoms with Gasteiger partial charge in [-0.1, -0.05) is 27.5 Å². The van der Waals surface area contributed by atoms with Crippen molar-refractivity contribution >= 4 is 28.3 Å². The first kappa shape index (κ1) is 31.5. The standard InChI is InChI=1S/C21H24ClF2N7OS.C2HF3O2/c1-20(2)19(25)33(26-3)21(11-23,12-31(20)32)15-8-13(4-6-16(15)24)17-10-30(29-28-17)18-7-5-14(22)9-27-18;3-2(4,5)1(6)7/h4-10,19,31H,11-12,25H2,1-3H3;(H,6,7)/t19?,21-,33?;/m1./s1. The van der Waals surface area contributed by atoms with E-state index in [4.69, 9.17) is 27.2 Å². The topological polar surface area (TPSA) is 147 Å². The van der Waals surface area contributed by atoms with Gasteiger partial charge in [0, 0.05) is 24.4 Å². The Bertz CT molecular complexity index is 1400. The van der Waals surface area contributed by atoms with E-state index >= 15 is 4.39 Å². The van der Waals surface area contributed by atoms with Crippen molar-refractivity contribution in [1.82, 2.24) is 20.0 Å². The second kappa shape index (κ2) is 11.8. The van der Waals surface area contributed by atoms with E-state index in [-0.39, 0.29) is 17.2 Å². The largest absolute Gasteiger partial charge is 0.634 e. The lowest BCUT2D eigenvalue weighted by molar-refractivity contribution is -0.905. The lowest BCUT2D eigenvalue weighted by Gasteiger charge is -2.53. The molecule has 218 valence electrons. The Morgan fingerprint density at radius 3 is 2.52 bits per heavy atom. The van der Waals surface area contributed by atoms with E-state index in [0.29, 0.717) is 22.1 Å². The van der Waals surface area contributed by atoms with Gasteiger partial charge in [-0.25, -0.2) is 23.2 Å². The smallest absolute Gasteiger partial charge is 0.490 e. The van der Waals surface area contributed by atoms with Gasteiger partial charge in [0.1, 0.15) is 40.4 Å². The van der Waals surface area contributed by atoms with Crippen molar-refractivity contribution in [1.29, 1.82) is 0 Å². The van der Waals surface area contributed by atoms with Crippen LogP contribution in [0.4, 0.5) is 22.0 Å². The van der Waals surface area contributed by atoms with Gasteiger partial charge >= 0.3 is 12.1 Å². The summed E-state index contributed by atoms with van der Waals surface area (Å²) in [6, 6.07) is 7.65. The number of aliphatic carboxylic acids is 1. The molecular weight excluding hydrogens is 585 g/mol. The number of pyridine rings is 1. The molecule has 0 amide bonds. The maximum atomic E-state index is 15.1. The number of nitrogens with one attached hydrogen (secondary N) is 1. The van der Waals surface area contributed by atoms with Gasteiger partial charge in [0.25, 0.3) is 0 Å². The number of alkyl halides is 4. The summed E-state index contributed by atoms with van der Waals surface area (Å²) in [6.07, 6.45) is -1.97. The molecule has 0 aliphatic carbocycles. The Balaban J connectivity index is 0.000000559. The molecule has 4 rings (SSSR count). The summed E-state index contributed by atoms with van der Waals surface area (Å²) in [7, 11) is 0.401. The Morgan fingerprint density at radius 1 is 1.35 bits per heavy atom. The van der Waals surface area contributed by atoms with Crippen LogP contribution in [0.25, 0.3) is 17.1 Å². The van der Waals surface area contributed by atoms with Gasteiger partial charge in [-0.15, -0.1) is 5.10 Å². The predicted molar refractivity (Wildman–Crippen MR) is 138 cm³/mol. The summed E-state index contributed by atoms with van der Waals surface area (Å²) < 4.78 is 66.0. The molecule has 4 N–H and O–H groups in total. The number of halogens is 6. The molecule has 3 heterocycles. The number of aromatic nitrogens is 4. The minimum atomic E-state index is -5.08. The molecule has 40 heavy (non-hydrogen) atoms. The molecule has 0 bridgehead atoms. The second-order valence-electron chi connectivity index (χ2n) is 9.25. The Hall–Kier alpha value is -3.05. The monoisotopic (exact) mass is 609 g/mol. The van der Waals surface area contributed by atoms with Gasteiger partial charge in [0.2, 0.25) is 0 Å². The third kappa shape index (κ3) is 6.15. The number of nitrogens with two attached hydrogens (primary N) is 1. The maximum Gasteiger partial charge on any atom is 0.490 e. The highest BCUT2D eigenvalue weighted by Crippen LogP contribution is 2.38. The lowest BCUT2D eigenvalue weighted by Crippen LogP contribution is -3.20. The fourth-order valence-corrected chi connectivity index (χ4v) is 6.60. The SMILES string of the molecule is CN=S1C(N)C(C)(C)[NH+]([O-])C[C@]1(CF)c1cc(-c2cn(-c3ccc(Cl)cn3)nn2)ccc1F.O=C(O)C(F)(F)F. The zero-order chi connectivity index (χ0) is 30.0. The first-order valence-corrected chi connectivity index (χ1v) is 13.0. The van der Waals surface area contributed by atoms with E-state index < -0.39 is 51.0 Å². The van der Waals surface area contributed by atoms with Crippen LogP contribution in [-0.2, 0) is 20.2 Å². The summed E-state index contributed by atoms with van der Waals surface area (Å²) in [5.41, 5.74) is 6.52. The molecule has 1 fully saturated rings. The molecule has 1 saturated heterocycles. The van der Waals surface area contributed by atoms with Gasteiger partial charge in [-0.2, -0.15) is 13.2 Å². The van der Waals surface area contributed by atoms with Gasteiger partial charge in [0.15, 0.2) is 5.82 Å². The summed E-state index contributed by atoms with van der Waals surface area (Å²) in [5.74, 6) is -2.88. The van der Waals surface area contributed by atoms with Crippen LogP contribution in [0.2, 0.25) is 5.02 Å². The van der Waals surface area contributed by atoms with Crippen LogP contribution in [0.5, 0.6) is 0 Å². The zero-order valence-electron chi connectivity index (χ0n) is 21.3. The Kier molecular flexibility index (Phi) is 9.30. The number of carbonyl (C=O) groups is 1. The summed E-state index contributed by atoms with van der Waals surface area (Å²) >= 11 is 5.88. The molecule has 1 aliphatic rings. The van der Waals surface area contributed by atoms with Crippen molar-refractivity contribution in [2.45, 2.75) is 35.7 Å². The molecule has 3 unspecified atom stereocenters. The number of hydrogen-bond donors (Lipinski definition) is 3. The summed E-state index contributed by atoms with van der Waals surface area (Å²) in [4.78, 5) is 13.1. The van der Waals surface area contributed by atoms with Crippen LogP contribution in [-0.4, -0.2) is 68.4 Å². The number of carboxylic acid groups (broad SMARTS) is 1. The number of carboxylic acids is 1. The quantitative estimate of drug-likeness (QED) is 0.304. The normalized spacial score (nSPS) is 24.3. The molecule has 1 aliphatic heterocycles. The third-order valence-corrected chi connectivity index (χ3v) is 9.33. The number of rotatable bonds is 4. The van der Waals surface area contributed by atoms with Crippen LogP contribution in [0.1, 0.15) is 19.4 Å². The van der Waals surface area contributed by atoms with E-state index in [1.54, 1.807) is 32.2 Å². The number of nitrogens with zero attached hydrogens (tertiary/aromatic N) is 5. The average molecular weight is 610 g/mol. The summed E-state index contributed by atoms with van der Waals surface area (Å²) in [5, 5.41) is 27.8. The first-order valence-electron chi connectivity index (χ1n) is 11.4. The van der Waals surface area contributed by atoms with Crippen LogP contribution in [0.3, 0.4) is 0 Å². The van der Waals surface area contributed by atoms with Crippen molar-refractivity contribution in [3.63, 3.8) is 0 Å². The lowest BCUT2D eigenvalue weighted by atomic mass is 9.93. The highest BCUT2D eigenvalue weighted by molar-refractivity contribution is 7.89. The fourth-order valence-electron chi connectivity index (χ4n) is 3.96. The van der Waals surface area contributed by atoms with Gasteiger partial charge in [-0.05, 0) is 44.2 Å². The zero-order valence-corrected chi connectivity index (χ0v) is 22.9. The van der Waals surface area contributed by atoms with Crippen molar-refractivity contribution in [2.24, 2.45) is 10.1 Å². The van der Waals surface area contributed by atoms with Crippen LogP contribution < -0.4 is 10.8 Å². The highest BCUT2D eigenvalue weighted by Gasteiger charge is 2.55. The molecule has 17 heteroatoms. The molecule has 0 spiro atoms. The van der Waals surface area contributed by atoms with Crippen molar-refractivity contribution in [3.05, 3.63) is 64.3 Å². The summed E-state index contributed by atoms with van der Waals surface area (Å²) in [6.45, 7) is 2.30. The number of hydroxylamine groups is 2. The van der Waals surface area contributed by atoms with Crippen LogP contribution >= 0.6 is 11.6 Å². The van der Waals surface area contributed by atoms with E-state index in [2.05, 4.69) is 19.7 Å². The van der Waals surface area contributed by atoms with Crippen molar-refractivity contribution in [2.75, 3.05) is 20.3 Å². The van der Waals surface area contributed by atoms with Gasteiger partial charge in [-0.3, -0.25) is 4.36 Å². The molecule has 4 atom stereocenters. The Labute approximate surface area is 232 Å². The van der Waals surface area contributed by atoms with Gasteiger partial charge in [0.05, 0.1) is 11.2 Å². The highest BCUT2D eigenvalue weighted by atomic mass is 35.5. The molecule has 2 aromatic heterocycles. The number of hydrogen-bond acceptors (Lipinski definition) is 7. The minimum Gasteiger partial charge on any atom is -0.634 e. The maximum absolute atomic E-state index is 15.1. The molecule has 1 aromatic carbocycles. The average Bonchev–Trinajstić information content (AvgIpc) is 3.38. The predicted octanol–water partition coefficient (Wildman–Crippen LogP) is 2.81. The van der Waals surface area contributed by atoms with Crippen LogP contribution in [0, 0.1) is 11.0 Å². The van der Waals surface area contributed by atoms with Gasteiger partial charge < -0.3 is 21.1 Å². The van der Waals surface area contributed by atoms with E-state index in [9.17, 15) is 22.8 Å². The van der Waals surface area contributed by atoms with E-state index in [1.165, 1.54) is 36.1 Å². The molecule has 0 radical (unpaired) electrons. The first-order chi connectivity index (χ1) is 18.6. The van der Waals surface area contributed by atoms with E-state index in [1.807, 2.05) is 0 Å². The fraction of sp³-hybridized carbons (Fsp3) is 0.391. The van der Waals surface area contributed by atoms with Crippen molar-refractivity contribution < 1.29 is 36.9 Å². The van der Waals surface area contributed by atoms with E-state index in [0.717, 1.165) is 0 Å². The minimum absolute atomic E-state index is 0.0647. The van der Waals surface area contributed by atoms with Crippen LogP contribution in [0.15, 0.2) is 47.1 Å². The number of quaternary nitrogens is 1. The molecule has 0 saturated carbocycles.